The number of piperidine rings is 1. The minimum Gasteiger partial charge on any atom is -0.481 e. The number of amides is 2. The molecule has 5 heteroatoms. The molecule has 1 atom stereocenters. The highest BCUT2D eigenvalue weighted by Gasteiger charge is 2.30. The van der Waals surface area contributed by atoms with E-state index in [-0.39, 0.29) is 24.5 Å². The first-order chi connectivity index (χ1) is 9.51. The Morgan fingerprint density at radius 1 is 1.30 bits per heavy atom. The van der Waals surface area contributed by atoms with E-state index >= 15 is 0 Å². The highest BCUT2D eigenvalue weighted by atomic mass is 16.4. The second kappa shape index (κ2) is 8.12. The summed E-state index contributed by atoms with van der Waals surface area (Å²) < 4.78 is 0. The standard InChI is InChI=1S/C15H28N2O3/c1-4-12(5-2)16(3)15(20)17-11-7-6-8-13(17)9-10-14(18)19/h12-13H,4-11H2,1-3H3,(H,18,19). The third kappa shape index (κ3) is 4.39. The average Bonchev–Trinajstić information content (AvgIpc) is 2.45. The largest absolute Gasteiger partial charge is 0.481 e. The molecule has 1 aliphatic heterocycles. The summed E-state index contributed by atoms with van der Waals surface area (Å²) in [6.07, 6.45) is 5.64. The second-order valence-electron chi connectivity index (χ2n) is 5.64. The van der Waals surface area contributed by atoms with Crippen molar-refractivity contribution < 1.29 is 14.7 Å². The molecule has 0 aliphatic carbocycles. The Bertz CT molecular complexity index is 329. The molecule has 1 N–H and O–H groups in total. The highest BCUT2D eigenvalue weighted by Crippen LogP contribution is 2.23. The van der Waals surface area contributed by atoms with E-state index in [0.717, 1.165) is 38.6 Å². The van der Waals surface area contributed by atoms with Crippen molar-refractivity contribution in [2.24, 2.45) is 0 Å². The van der Waals surface area contributed by atoms with Crippen LogP contribution in [0.1, 0.15) is 58.8 Å². The lowest BCUT2D eigenvalue weighted by molar-refractivity contribution is -0.137. The van der Waals surface area contributed by atoms with Gasteiger partial charge in [-0.3, -0.25) is 4.79 Å². The number of aliphatic carboxylic acids is 1. The third-order valence-corrected chi connectivity index (χ3v) is 4.36. The van der Waals surface area contributed by atoms with Crippen molar-refractivity contribution in [1.29, 1.82) is 0 Å². The molecule has 0 saturated carbocycles. The molecule has 1 unspecified atom stereocenters. The molecule has 2 amide bonds. The van der Waals surface area contributed by atoms with Crippen molar-refractivity contribution in [2.45, 2.75) is 70.9 Å². The van der Waals surface area contributed by atoms with Gasteiger partial charge in [-0.1, -0.05) is 13.8 Å². The number of carboxylic acid groups (broad SMARTS) is 1. The number of urea groups is 1. The van der Waals surface area contributed by atoms with E-state index < -0.39 is 5.97 Å². The summed E-state index contributed by atoms with van der Waals surface area (Å²) in [5.41, 5.74) is 0. The smallest absolute Gasteiger partial charge is 0.320 e. The first-order valence-electron chi connectivity index (χ1n) is 7.76. The van der Waals surface area contributed by atoms with E-state index in [0.29, 0.717) is 6.42 Å². The van der Waals surface area contributed by atoms with Crippen LogP contribution in [0, 0.1) is 0 Å². The molecule has 0 spiro atoms. The molecule has 5 nitrogen and oxygen atoms in total. The average molecular weight is 284 g/mol. The molecule has 116 valence electrons. The quantitative estimate of drug-likeness (QED) is 0.815. The summed E-state index contributed by atoms with van der Waals surface area (Å²) in [6.45, 7) is 4.94. The third-order valence-electron chi connectivity index (χ3n) is 4.36. The molecule has 0 radical (unpaired) electrons. The van der Waals surface area contributed by atoms with Crippen LogP contribution in [0.2, 0.25) is 0 Å². The summed E-state index contributed by atoms with van der Waals surface area (Å²) in [5, 5.41) is 8.83. The van der Waals surface area contributed by atoms with E-state index in [1.54, 1.807) is 0 Å². The maximum Gasteiger partial charge on any atom is 0.320 e. The fourth-order valence-corrected chi connectivity index (χ4v) is 3.04. The fraction of sp³-hybridized carbons (Fsp3) is 0.867. The lowest BCUT2D eigenvalue weighted by Gasteiger charge is -2.40. The van der Waals surface area contributed by atoms with Gasteiger partial charge in [-0.25, -0.2) is 4.79 Å². The molecule has 0 bridgehead atoms. The van der Waals surface area contributed by atoms with Crippen LogP contribution < -0.4 is 0 Å². The molecule has 20 heavy (non-hydrogen) atoms. The minimum absolute atomic E-state index is 0.0637. The van der Waals surface area contributed by atoms with Crippen molar-refractivity contribution in [3.63, 3.8) is 0 Å². The van der Waals surface area contributed by atoms with Gasteiger partial charge in [0.15, 0.2) is 0 Å². The zero-order chi connectivity index (χ0) is 15.1. The number of carbonyl (C=O) groups is 2. The summed E-state index contributed by atoms with van der Waals surface area (Å²) in [4.78, 5) is 27.1. The van der Waals surface area contributed by atoms with Crippen molar-refractivity contribution in [3.8, 4) is 0 Å². The SMILES string of the molecule is CCC(CC)N(C)C(=O)N1CCCCC1CCC(=O)O. The van der Waals surface area contributed by atoms with Gasteiger partial charge < -0.3 is 14.9 Å². The van der Waals surface area contributed by atoms with Gasteiger partial charge in [-0.2, -0.15) is 0 Å². The minimum atomic E-state index is -0.781. The topological polar surface area (TPSA) is 60.9 Å². The molecule has 1 aliphatic rings. The Hall–Kier alpha value is -1.26. The number of rotatable bonds is 6. The summed E-state index contributed by atoms with van der Waals surface area (Å²) in [6, 6.07) is 0.419. The zero-order valence-corrected chi connectivity index (χ0v) is 13.0. The molecule has 0 aromatic rings. The maximum atomic E-state index is 12.6. The van der Waals surface area contributed by atoms with Crippen LogP contribution in [0.15, 0.2) is 0 Å². The Morgan fingerprint density at radius 2 is 1.95 bits per heavy atom. The monoisotopic (exact) mass is 284 g/mol. The highest BCUT2D eigenvalue weighted by molar-refractivity contribution is 5.75. The normalized spacial score (nSPS) is 19.2. The van der Waals surface area contributed by atoms with Gasteiger partial charge >= 0.3 is 12.0 Å². The van der Waals surface area contributed by atoms with Crippen molar-refractivity contribution in [1.82, 2.24) is 9.80 Å². The lowest BCUT2D eigenvalue weighted by atomic mass is 9.98. The van der Waals surface area contributed by atoms with Crippen molar-refractivity contribution >= 4 is 12.0 Å². The second-order valence-corrected chi connectivity index (χ2v) is 5.64. The molecule has 1 saturated heterocycles. The predicted octanol–water partition coefficient (Wildman–Crippen LogP) is 2.95. The molecule has 0 aromatic carbocycles. The maximum absolute atomic E-state index is 12.6. The van der Waals surface area contributed by atoms with Crippen LogP contribution in [-0.4, -0.2) is 52.6 Å². The van der Waals surface area contributed by atoms with Crippen LogP contribution in [0.3, 0.4) is 0 Å². The summed E-state index contributed by atoms with van der Waals surface area (Å²) >= 11 is 0. The van der Waals surface area contributed by atoms with Gasteiger partial charge in [-0.15, -0.1) is 0 Å². The fourth-order valence-electron chi connectivity index (χ4n) is 3.04. The number of carbonyl (C=O) groups excluding carboxylic acids is 1. The van der Waals surface area contributed by atoms with Crippen LogP contribution >= 0.6 is 0 Å². The first kappa shape index (κ1) is 16.8. The zero-order valence-electron chi connectivity index (χ0n) is 13.0. The van der Waals surface area contributed by atoms with E-state index in [1.165, 1.54) is 0 Å². The molecular weight excluding hydrogens is 256 g/mol. The van der Waals surface area contributed by atoms with Crippen molar-refractivity contribution in [3.05, 3.63) is 0 Å². The number of hydrogen-bond donors (Lipinski definition) is 1. The lowest BCUT2D eigenvalue weighted by Crippen LogP contribution is -2.51. The van der Waals surface area contributed by atoms with Gasteiger partial charge in [-0.05, 0) is 38.5 Å². The van der Waals surface area contributed by atoms with E-state index in [1.807, 2.05) is 16.8 Å². The Morgan fingerprint density at radius 3 is 2.50 bits per heavy atom. The molecular formula is C15H28N2O3. The van der Waals surface area contributed by atoms with Gasteiger partial charge in [0.25, 0.3) is 0 Å². The van der Waals surface area contributed by atoms with Crippen LogP contribution in [-0.2, 0) is 4.79 Å². The number of nitrogens with zero attached hydrogens (tertiary/aromatic N) is 2. The predicted molar refractivity (Wildman–Crippen MR) is 78.7 cm³/mol. The number of carboxylic acids is 1. The van der Waals surface area contributed by atoms with Gasteiger partial charge in [0.1, 0.15) is 0 Å². The van der Waals surface area contributed by atoms with Gasteiger partial charge in [0.2, 0.25) is 0 Å². The number of hydrogen-bond acceptors (Lipinski definition) is 2. The van der Waals surface area contributed by atoms with Crippen LogP contribution in [0.25, 0.3) is 0 Å². The van der Waals surface area contributed by atoms with Crippen molar-refractivity contribution in [2.75, 3.05) is 13.6 Å². The van der Waals surface area contributed by atoms with E-state index in [9.17, 15) is 9.59 Å². The van der Waals surface area contributed by atoms with Crippen LogP contribution in [0.5, 0.6) is 0 Å². The Kier molecular flexibility index (Phi) is 6.82. The Labute approximate surface area is 121 Å². The summed E-state index contributed by atoms with van der Waals surface area (Å²) in [5.74, 6) is -0.781. The molecule has 1 fully saturated rings. The van der Waals surface area contributed by atoms with Crippen LogP contribution in [0.4, 0.5) is 4.79 Å². The first-order valence-corrected chi connectivity index (χ1v) is 7.76. The summed E-state index contributed by atoms with van der Waals surface area (Å²) in [7, 11) is 1.86. The van der Waals surface area contributed by atoms with E-state index in [2.05, 4.69) is 13.8 Å². The number of likely N-dealkylation sites (tertiary alicyclic amines) is 1. The van der Waals surface area contributed by atoms with E-state index in [4.69, 9.17) is 5.11 Å². The van der Waals surface area contributed by atoms with Gasteiger partial charge in [0, 0.05) is 32.1 Å². The molecule has 0 aromatic heterocycles. The molecule has 1 rings (SSSR count). The molecule has 1 heterocycles. The Balaban J connectivity index is 2.68. The van der Waals surface area contributed by atoms with Gasteiger partial charge in [0.05, 0.1) is 0 Å².